The molecular weight excluding hydrogens is 243 g/mol. The maximum atomic E-state index is 13.3. The number of aromatic nitrogens is 1. The van der Waals surface area contributed by atoms with E-state index >= 15 is 0 Å². The molecule has 19 heavy (non-hydrogen) atoms. The van der Waals surface area contributed by atoms with Crippen molar-refractivity contribution >= 4 is 0 Å². The van der Waals surface area contributed by atoms with Crippen LogP contribution in [-0.2, 0) is 11.3 Å². The second-order valence-electron chi connectivity index (χ2n) is 5.67. The summed E-state index contributed by atoms with van der Waals surface area (Å²) in [6.45, 7) is 5.82. The molecule has 3 heterocycles. The first-order valence-electron chi connectivity index (χ1n) is 7.13. The third-order valence-electron chi connectivity index (χ3n) is 4.11. The van der Waals surface area contributed by atoms with Gasteiger partial charge < -0.3 is 4.74 Å². The van der Waals surface area contributed by atoms with Crippen LogP contribution in [0.2, 0.25) is 0 Å². The number of rotatable bonds is 3. The second kappa shape index (κ2) is 5.55. The average molecular weight is 264 g/mol. The molecule has 2 fully saturated rings. The first-order chi connectivity index (χ1) is 9.22. The SMILES string of the molecule is Cc1ccc([C@H]2CCOC2)c(CN2CC[C@@H](F)C2)n1. The van der Waals surface area contributed by atoms with Gasteiger partial charge in [0.1, 0.15) is 6.17 Å². The largest absolute Gasteiger partial charge is 0.381 e. The molecule has 2 saturated heterocycles. The number of halogens is 1. The number of alkyl halides is 1. The zero-order chi connectivity index (χ0) is 13.2. The third kappa shape index (κ3) is 2.95. The van der Waals surface area contributed by atoms with Crippen molar-refractivity contribution in [3.63, 3.8) is 0 Å². The van der Waals surface area contributed by atoms with Crippen molar-refractivity contribution in [2.45, 2.75) is 38.4 Å². The molecule has 3 nitrogen and oxygen atoms in total. The molecular formula is C15H21FN2O. The lowest BCUT2D eigenvalue weighted by Crippen LogP contribution is -2.22. The molecule has 0 saturated carbocycles. The number of likely N-dealkylation sites (tertiary alicyclic amines) is 1. The Kier molecular flexibility index (Phi) is 3.80. The van der Waals surface area contributed by atoms with Crippen LogP contribution < -0.4 is 0 Å². The summed E-state index contributed by atoms with van der Waals surface area (Å²) in [5.74, 6) is 0.465. The number of nitrogens with zero attached hydrogens (tertiary/aromatic N) is 2. The molecule has 0 unspecified atom stereocenters. The fourth-order valence-electron chi connectivity index (χ4n) is 3.04. The molecule has 0 aromatic carbocycles. The number of aryl methyl sites for hydroxylation is 1. The van der Waals surface area contributed by atoms with E-state index in [0.717, 1.165) is 44.1 Å². The molecule has 3 rings (SSSR count). The monoisotopic (exact) mass is 264 g/mol. The standard InChI is InChI=1S/C15H21FN2O/c1-11-2-3-14(12-5-7-19-10-12)15(17-11)9-18-6-4-13(16)8-18/h2-3,12-13H,4-10H2,1H3/t12-,13+/m0/s1. The van der Waals surface area contributed by atoms with E-state index in [2.05, 4.69) is 22.0 Å². The van der Waals surface area contributed by atoms with E-state index in [9.17, 15) is 4.39 Å². The van der Waals surface area contributed by atoms with Gasteiger partial charge in [0.25, 0.3) is 0 Å². The highest BCUT2D eigenvalue weighted by molar-refractivity contribution is 5.27. The predicted molar refractivity (Wildman–Crippen MR) is 71.9 cm³/mol. The summed E-state index contributed by atoms with van der Waals surface area (Å²) >= 11 is 0. The fourth-order valence-corrected chi connectivity index (χ4v) is 3.04. The van der Waals surface area contributed by atoms with Crippen LogP contribution in [0.3, 0.4) is 0 Å². The first-order valence-corrected chi connectivity index (χ1v) is 7.13. The summed E-state index contributed by atoms with van der Waals surface area (Å²) in [5.41, 5.74) is 3.45. The summed E-state index contributed by atoms with van der Waals surface area (Å²) in [6.07, 6.45) is 1.07. The highest BCUT2D eigenvalue weighted by Gasteiger charge is 2.25. The van der Waals surface area contributed by atoms with Crippen LogP contribution in [-0.4, -0.2) is 42.4 Å². The lowest BCUT2D eigenvalue weighted by molar-refractivity contribution is 0.193. The van der Waals surface area contributed by atoms with Crippen molar-refractivity contribution in [3.05, 3.63) is 29.1 Å². The topological polar surface area (TPSA) is 25.4 Å². The maximum absolute atomic E-state index is 13.3. The van der Waals surface area contributed by atoms with Crippen LogP contribution in [0.1, 0.15) is 35.7 Å². The first kappa shape index (κ1) is 13.0. The van der Waals surface area contributed by atoms with Crippen LogP contribution >= 0.6 is 0 Å². The van der Waals surface area contributed by atoms with Gasteiger partial charge in [0.05, 0.1) is 12.3 Å². The van der Waals surface area contributed by atoms with Crippen molar-refractivity contribution in [2.24, 2.45) is 0 Å². The summed E-state index contributed by atoms with van der Waals surface area (Å²) in [5, 5.41) is 0. The molecule has 0 amide bonds. The van der Waals surface area contributed by atoms with Gasteiger partial charge >= 0.3 is 0 Å². The minimum absolute atomic E-state index is 0.465. The van der Waals surface area contributed by atoms with E-state index in [4.69, 9.17) is 4.74 Å². The summed E-state index contributed by atoms with van der Waals surface area (Å²) in [6, 6.07) is 4.25. The van der Waals surface area contributed by atoms with Crippen molar-refractivity contribution in [2.75, 3.05) is 26.3 Å². The molecule has 0 radical (unpaired) electrons. The molecule has 2 atom stereocenters. The van der Waals surface area contributed by atoms with Crippen LogP contribution in [0.25, 0.3) is 0 Å². The van der Waals surface area contributed by atoms with Crippen LogP contribution in [0.4, 0.5) is 4.39 Å². The molecule has 4 heteroatoms. The Morgan fingerprint density at radius 3 is 3.00 bits per heavy atom. The fraction of sp³-hybridized carbons (Fsp3) is 0.667. The number of ether oxygens (including phenoxy) is 1. The Morgan fingerprint density at radius 2 is 2.32 bits per heavy atom. The van der Waals surface area contributed by atoms with E-state index < -0.39 is 6.17 Å². The van der Waals surface area contributed by atoms with Crippen LogP contribution in [0.5, 0.6) is 0 Å². The predicted octanol–water partition coefficient (Wildman–Crippen LogP) is 2.44. The van der Waals surface area contributed by atoms with Gasteiger partial charge in [-0.25, -0.2) is 4.39 Å². The van der Waals surface area contributed by atoms with Crippen molar-refractivity contribution in [3.8, 4) is 0 Å². The van der Waals surface area contributed by atoms with Crippen LogP contribution in [0, 0.1) is 6.92 Å². The lowest BCUT2D eigenvalue weighted by Gasteiger charge is -2.19. The van der Waals surface area contributed by atoms with E-state index in [-0.39, 0.29) is 0 Å². The van der Waals surface area contributed by atoms with E-state index in [0.29, 0.717) is 18.9 Å². The van der Waals surface area contributed by atoms with Gasteiger partial charge in [-0.15, -0.1) is 0 Å². The van der Waals surface area contributed by atoms with Gasteiger partial charge in [0.2, 0.25) is 0 Å². The zero-order valence-corrected chi connectivity index (χ0v) is 11.4. The summed E-state index contributed by atoms with van der Waals surface area (Å²) < 4.78 is 18.8. The molecule has 1 aromatic heterocycles. The minimum atomic E-state index is -0.664. The Balaban J connectivity index is 1.79. The number of hydrogen-bond acceptors (Lipinski definition) is 3. The maximum Gasteiger partial charge on any atom is 0.114 e. The minimum Gasteiger partial charge on any atom is -0.381 e. The van der Waals surface area contributed by atoms with Gasteiger partial charge in [0, 0.05) is 37.9 Å². The Hall–Kier alpha value is -1.00. The lowest BCUT2D eigenvalue weighted by atomic mass is 9.96. The van der Waals surface area contributed by atoms with E-state index in [1.807, 2.05) is 6.92 Å². The van der Waals surface area contributed by atoms with Crippen molar-refractivity contribution in [1.82, 2.24) is 9.88 Å². The summed E-state index contributed by atoms with van der Waals surface area (Å²) in [4.78, 5) is 6.86. The second-order valence-corrected chi connectivity index (χ2v) is 5.67. The Labute approximate surface area is 113 Å². The van der Waals surface area contributed by atoms with Gasteiger partial charge in [-0.3, -0.25) is 9.88 Å². The van der Waals surface area contributed by atoms with Gasteiger partial charge in [-0.2, -0.15) is 0 Å². The van der Waals surface area contributed by atoms with E-state index in [1.165, 1.54) is 5.56 Å². The van der Waals surface area contributed by atoms with Gasteiger partial charge in [0.15, 0.2) is 0 Å². The van der Waals surface area contributed by atoms with Gasteiger partial charge in [-0.05, 0) is 31.4 Å². The molecule has 104 valence electrons. The summed E-state index contributed by atoms with van der Waals surface area (Å²) in [7, 11) is 0. The smallest absolute Gasteiger partial charge is 0.114 e. The molecule has 0 bridgehead atoms. The normalized spacial score (nSPS) is 28.1. The highest BCUT2D eigenvalue weighted by Crippen LogP contribution is 2.28. The molecule has 0 aliphatic carbocycles. The molecule has 2 aliphatic rings. The zero-order valence-electron chi connectivity index (χ0n) is 11.4. The van der Waals surface area contributed by atoms with E-state index in [1.54, 1.807) is 0 Å². The van der Waals surface area contributed by atoms with Crippen molar-refractivity contribution < 1.29 is 9.13 Å². The van der Waals surface area contributed by atoms with Crippen molar-refractivity contribution in [1.29, 1.82) is 0 Å². The average Bonchev–Trinajstić information content (AvgIpc) is 3.01. The Bertz CT molecular complexity index is 446. The van der Waals surface area contributed by atoms with Gasteiger partial charge in [-0.1, -0.05) is 6.07 Å². The van der Waals surface area contributed by atoms with Crippen LogP contribution in [0.15, 0.2) is 12.1 Å². The third-order valence-corrected chi connectivity index (χ3v) is 4.11. The quantitative estimate of drug-likeness (QED) is 0.838. The number of pyridine rings is 1. The highest BCUT2D eigenvalue weighted by atomic mass is 19.1. The molecule has 0 spiro atoms. The molecule has 1 aromatic rings. The number of hydrogen-bond donors (Lipinski definition) is 0. The molecule has 2 aliphatic heterocycles. The molecule has 0 N–H and O–H groups in total. The Morgan fingerprint density at radius 1 is 1.42 bits per heavy atom.